The normalized spacial score (nSPS) is 20.1. The van der Waals surface area contributed by atoms with E-state index in [1.54, 1.807) is 6.92 Å². The van der Waals surface area contributed by atoms with Crippen molar-refractivity contribution in [2.24, 2.45) is 5.92 Å². The summed E-state index contributed by atoms with van der Waals surface area (Å²) in [6.07, 6.45) is -2.37. The smallest absolute Gasteiger partial charge is 0.356 e. The van der Waals surface area contributed by atoms with E-state index >= 15 is 0 Å². The second-order valence-corrected chi connectivity index (χ2v) is 5.16. The average Bonchev–Trinajstić information content (AvgIpc) is 2.38. The van der Waals surface area contributed by atoms with Gasteiger partial charge in [-0.1, -0.05) is 6.92 Å². The van der Waals surface area contributed by atoms with Crippen LogP contribution in [-0.4, -0.2) is 29.6 Å². The topological polar surface area (TPSA) is 41.1 Å². The molecule has 1 atom stereocenters. The molecule has 1 aliphatic heterocycles. The van der Waals surface area contributed by atoms with Crippen LogP contribution < -0.4 is 10.2 Å². The van der Waals surface area contributed by atoms with Gasteiger partial charge >= 0.3 is 6.18 Å². The number of rotatable bonds is 3. The number of piperidine rings is 1. The molecule has 1 N–H and O–H groups in total. The zero-order valence-electron chi connectivity index (χ0n) is 11.7. The van der Waals surface area contributed by atoms with Crippen LogP contribution >= 0.6 is 0 Å². The van der Waals surface area contributed by atoms with Crippen molar-refractivity contribution in [1.82, 2.24) is 9.97 Å². The van der Waals surface area contributed by atoms with E-state index < -0.39 is 11.9 Å². The molecule has 2 heterocycles. The van der Waals surface area contributed by atoms with Crippen LogP contribution in [0.2, 0.25) is 0 Å². The lowest BCUT2D eigenvalue weighted by Crippen LogP contribution is -2.35. The number of halogens is 3. The number of hydrogen-bond acceptors (Lipinski definition) is 4. The molecule has 1 unspecified atom stereocenters. The number of aromatic nitrogens is 2. The molecule has 4 nitrogen and oxygen atoms in total. The van der Waals surface area contributed by atoms with Gasteiger partial charge in [0.05, 0.1) is 0 Å². The van der Waals surface area contributed by atoms with E-state index in [0.717, 1.165) is 32.0 Å². The third-order valence-corrected chi connectivity index (χ3v) is 3.32. The van der Waals surface area contributed by atoms with E-state index in [9.17, 15) is 13.2 Å². The van der Waals surface area contributed by atoms with Crippen LogP contribution in [0.3, 0.4) is 0 Å². The summed E-state index contributed by atoms with van der Waals surface area (Å²) in [7, 11) is 0. The third-order valence-electron chi connectivity index (χ3n) is 3.32. The fourth-order valence-corrected chi connectivity index (χ4v) is 2.38. The summed E-state index contributed by atoms with van der Waals surface area (Å²) in [5.41, 5.74) is -0.892. The van der Waals surface area contributed by atoms with Gasteiger partial charge in [-0.2, -0.15) is 18.2 Å². The van der Waals surface area contributed by atoms with E-state index in [1.165, 1.54) is 0 Å². The Morgan fingerprint density at radius 2 is 2.15 bits per heavy atom. The first-order valence-corrected chi connectivity index (χ1v) is 6.85. The quantitative estimate of drug-likeness (QED) is 0.927. The molecule has 1 aromatic heterocycles. The third kappa shape index (κ3) is 3.52. The van der Waals surface area contributed by atoms with E-state index in [1.807, 2.05) is 4.90 Å². The Bertz CT molecular complexity index is 461. The minimum atomic E-state index is -4.46. The molecule has 1 saturated heterocycles. The highest BCUT2D eigenvalue weighted by molar-refractivity contribution is 5.46. The lowest BCUT2D eigenvalue weighted by atomic mass is 10.0. The Kier molecular flexibility index (Phi) is 4.35. The molecule has 0 spiro atoms. The highest BCUT2D eigenvalue weighted by atomic mass is 19.4. The van der Waals surface area contributed by atoms with Crippen LogP contribution in [0.5, 0.6) is 0 Å². The molecule has 7 heteroatoms. The zero-order chi connectivity index (χ0) is 14.8. The highest BCUT2D eigenvalue weighted by Gasteiger charge is 2.34. The molecule has 0 amide bonds. The fourth-order valence-electron chi connectivity index (χ4n) is 2.38. The predicted octanol–water partition coefficient (Wildman–Crippen LogP) is 3.16. The number of anilines is 2. The summed E-state index contributed by atoms with van der Waals surface area (Å²) in [6.45, 7) is 5.86. The Morgan fingerprint density at radius 3 is 2.75 bits per heavy atom. The van der Waals surface area contributed by atoms with Crippen molar-refractivity contribution < 1.29 is 13.2 Å². The SMILES string of the molecule is CCNc1nc(N2CCCC(C)C2)cc(C(F)(F)F)n1. The minimum absolute atomic E-state index is 0.0375. The van der Waals surface area contributed by atoms with Gasteiger partial charge in [0, 0.05) is 25.7 Å². The van der Waals surface area contributed by atoms with Crippen molar-refractivity contribution >= 4 is 11.8 Å². The summed E-state index contributed by atoms with van der Waals surface area (Å²) in [5, 5.41) is 2.76. The monoisotopic (exact) mass is 288 g/mol. The molecule has 0 aromatic carbocycles. The standard InChI is InChI=1S/C13H19F3N4/c1-3-17-12-18-10(13(14,15)16)7-11(19-12)20-6-4-5-9(2)8-20/h7,9H,3-6,8H2,1-2H3,(H,17,18,19). The first-order valence-electron chi connectivity index (χ1n) is 6.85. The number of hydrogen-bond donors (Lipinski definition) is 1. The molecular weight excluding hydrogens is 269 g/mol. The van der Waals surface area contributed by atoms with Crippen molar-refractivity contribution in [3.05, 3.63) is 11.8 Å². The number of alkyl halides is 3. The van der Waals surface area contributed by atoms with Crippen molar-refractivity contribution in [2.75, 3.05) is 29.9 Å². The van der Waals surface area contributed by atoms with E-state index in [2.05, 4.69) is 22.2 Å². The molecule has 0 aliphatic carbocycles. The molecule has 20 heavy (non-hydrogen) atoms. The minimum Gasteiger partial charge on any atom is -0.356 e. The van der Waals surface area contributed by atoms with Crippen LogP contribution in [0.25, 0.3) is 0 Å². The van der Waals surface area contributed by atoms with Crippen LogP contribution in [-0.2, 0) is 6.18 Å². The molecule has 0 saturated carbocycles. The van der Waals surface area contributed by atoms with Crippen LogP contribution in [0.4, 0.5) is 24.9 Å². The summed E-state index contributed by atoms with van der Waals surface area (Å²) < 4.78 is 38.7. The summed E-state index contributed by atoms with van der Waals surface area (Å²) in [5.74, 6) is 0.862. The summed E-state index contributed by atoms with van der Waals surface area (Å²) in [6, 6.07) is 1.04. The van der Waals surface area contributed by atoms with Gasteiger partial charge in [0.1, 0.15) is 5.82 Å². The van der Waals surface area contributed by atoms with Gasteiger partial charge in [0.2, 0.25) is 5.95 Å². The molecule has 1 aliphatic rings. The van der Waals surface area contributed by atoms with Crippen molar-refractivity contribution in [1.29, 1.82) is 0 Å². The predicted molar refractivity (Wildman–Crippen MR) is 71.8 cm³/mol. The van der Waals surface area contributed by atoms with Crippen LogP contribution in [0.1, 0.15) is 32.4 Å². The van der Waals surface area contributed by atoms with Gasteiger partial charge in [-0.05, 0) is 25.7 Å². The Hall–Kier alpha value is -1.53. The van der Waals surface area contributed by atoms with Crippen molar-refractivity contribution in [3.63, 3.8) is 0 Å². The van der Waals surface area contributed by atoms with Crippen molar-refractivity contribution in [3.8, 4) is 0 Å². The molecule has 1 fully saturated rings. The van der Waals surface area contributed by atoms with E-state index in [4.69, 9.17) is 0 Å². The molecule has 2 rings (SSSR count). The maximum Gasteiger partial charge on any atom is 0.433 e. The van der Waals surface area contributed by atoms with Gasteiger partial charge in [-0.3, -0.25) is 0 Å². The van der Waals surface area contributed by atoms with Gasteiger partial charge < -0.3 is 10.2 Å². The molecule has 0 bridgehead atoms. The van der Waals surface area contributed by atoms with Gasteiger partial charge in [0.25, 0.3) is 0 Å². The Morgan fingerprint density at radius 1 is 1.40 bits per heavy atom. The Balaban J connectivity index is 2.33. The molecule has 1 aromatic rings. The number of nitrogens with one attached hydrogen (secondary N) is 1. The average molecular weight is 288 g/mol. The lowest BCUT2D eigenvalue weighted by molar-refractivity contribution is -0.141. The Labute approximate surface area is 116 Å². The largest absolute Gasteiger partial charge is 0.433 e. The lowest BCUT2D eigenvalue weighted by Gasteiger charge is -2.32. The summed E-state index contributed by atoms with van der Waals surface area (Å²) >= 11 is 0. The highest BCUT2D eigenvalue weighted by Crippen LogP contribution is 2.31. The molecular formula is C13H19F3N4. The maximum absolute atomic E-state index is 12.9. The summed E-state index contributed by atoms with van der Waals surface area (Å²) in [4.78, 5) is 9.64. The number of nitrogens with zero attached hydrogens (tertiary/aromatic N) is 3. The van der Waals surface area contributed by atoms with Gasteiger partial charge in [-0.25, -0.2) is 4.98 Å². The first kappa shape index (κ1) is 14.9. The van der Waals surface area contributed by atoms with Crippen LogP contribution in [0, 0.1) is 5.92 Å². The fraction of sp³-hybridized carbons (Fsp3) is 0.692. The van der Waals surface area contributed by atoms with Gasteiger partial charge in [-0.15, -0.1) is 0 Å². The molecule has 112 valence electrons. The second-order valence-electron chi connectivity index (χ2n) is 5.16. The van der Waals surface area contributed by atoms with Gasteiger partial charge in [0.15, 0.2) is 5.69 Å². The van der Waals surface area contributed by atoms with E-state index in [0.29, 0.717) is 18.3 Å². The van der Waals surface area contributed by atoms with E-state index in [-0.39, 0.29) is 5.95 Å². The first-order chi connectivity index (χ1) is 9.40. The van der Waals surface area contributed by atoms with Crippen LogP contribution in [0.15, 0.2) is 6.07 Å². The molecule has 0 radical (unpaired) electrons. The zero-order valence-corrected chi connectivity index (χ0v) is 11.7. The second kappa shape index (κ2) is 5.85. The maximum atomic E-state index is 12.9. The van der Waals surface area contributed by atoms with Crippen molar-refractivity contribution in [2.45, 2.75) is 32.9 Å².